The van der Waals surface area contributed by atoms with Crippen molar-refractivity contribution in [2.24, 2.45) is 0 Å². The molecule has 24 heavy (non-hydrogen) atoms. The lowest BCUT2D eigenvalue weighted by Crippen LogP contribution is -2.64. The SMILES string of the molecule is COC(=O)[N+]1(C(=O)OC(C)(C)C)CCC[C@@H]1O[Si](C)(C)C(C)(C)C. The van der Waals surface area contributed by atoms with Crippen LogP contribution in [0.15, 0.2) is 0 Å². The molecule has 2 atom stereocenters. The molecule has 0 radical (unpaired) electrons. The molecule has 0 aromatic carbocycles. The Labute approximate surface area is 147 Å². The van der Waals surface area contributed by atoms with Gasteiger partial charge in [0.1, 0.15) is 12.1 Å². The number of quaternary nitrogens is 1. The van der Waals surface area contributed by atoms with E-state index in [0.29, 0.717) is 19.4 Å². The minimum absolute atomic E-state index is 0.0186. The standard InChI is InChI=1S/C17H34NO5Si/c1-16(2,3)22-15(20)18(14(19)21-7)12-10-11-13(18)23-24(8,9)17(4,5)6/h13H,10-12H2,1-9H3/q+1/t13-,18?/m0/s1. The summed E-state index contributed by atoms with van der Waals surface area (Å²) in [5.74, 6) is 0. The van der Waals surface area contributed by atoms with Gasteiger partial charge in [-0.3, -0.25) is 0 Å². The van der Waals surface area contributed by atoms with Crippen LogP contribution in [-0.2, 0) is 13.9 Å². The third kappa shape index (κ3) is 4.18. The number of ether oxygens (including phenoxy) is 2. The molecule has 0 aromatic heterocycles. The molecule has 0 aliphatic carbocycles. The van der Waals surface area contributed by atoms with Crippen LogP contribution >= 0.6 is 0 Å². The summed E-state index contributed by atoms with van der Waals surface area (Å²) in [6.07, 6.45) is -0.386. The molecule has 7 heteroatoms. The Morgan fingerprint density at radius 3 is 2.00 bits per heavy atom. The van der Waals surface area contributed by atoms with Gasteiger partial charge in [0.25, 0.3) is 0 Å². The second kappa shape index (κ2) is 6.76. The van der Waals surface area contributed by atoms with Crippen LogP contribution in [0.1, 0.15) is 54.4 Å². The summed E-state index contributed by atoms with van der Waals surface area (Å²) in [4.78, 5) is 25.5. The minimum atomic E-state index is -2.15. The monoisotopic (exact) mass is 360 g/mol. The van der Waals surface area contributed by atoms with Gasteiger partial charge in [0, 0.05) is 12.8 Å². The molecule has 0 bridgehead atoms. The van der Waals surface area contributed by atoms with Crippen molar-refractivity contribution in [1.29, 1.82) is 0 Å². The van der Waals surface area contributed by atoms with E-state index in [0.717, 1.165) is 0 Å². The van der Waals surface area contributed by atoms with Crippen molar-refractivity contribution < 1.29 is 28.0 Å². The Kier molecular flexibility index (Phi) is 5.95. The molecular formula is C17H34NO5Si+. The maximum absolute atomic E-state index is 12.9. The Balaban J connectivity index is 3.23. The van der Waals surface area contributed by atoms with Crippen molar-refractivity contribution in [3.8, 4) is 0 Å². The van der Waals surface area contributed by atoms with Crippen molar-refractivity contribution in [1.82, 2.24) is 0 Å². The molecule has 0 saturated carbocycles. The highest BCUT2D eigenvalue weighted by atomic mass is 28.4. The van der Waals surface area contributed by atoms with Crippen LogP contribution in [0.3, 0.4) is 0 Å². The quantitative estimate of drug-likeness (QED) is 0.530. The zero-order valence-electron chi connectivity index (χ0n) is 16.7. The fraction of sp³-hybridized carbons (Fsp3) is 0.882. The summed E-state index contributed by atoms with van der Waals surface area (Å²) in [5, 5.41) is -0.0186. The summed E-state index contributed by atoms with van der Waals surface area (Å²) in [5.41, 5.74) is -0.680. The Hall–Kier alpha value is -0.923. The van der Waals surface area contributed by atoms with Gasteiger partial charge in [-0.25, -0.2) is 0 Å². The zero-order valence-corrected chi connectivity index (χ0v) is 17.7. The van der Waals surface area contributed by atoms with Gasteiger partial charge in [0.2, 0.25) is 6.23 Å². The summed E-state index contributed by atoms with van der Waals surface area (Å²) >= 11 is 0. The number of carbonyl (C=O) groups excluding carboxylic acids is 2. The number of imide groups is 1. The van der Waals surface area contributed by atoms with Gasteiger partial charge < -0.3 is 13.9 Å². The van der Waals surface area contributed by atoms with Gasteiger partial charge in [0.05, 0.1) is 7.11 Å². The molecule has 140 valence electrons. The molecule has 0 spiro atoms. The highest BCUT2D eigenvalue weighted by molar-refractivity contribution is 6.74. The van der Waals surface area contributed by atoms with Crippen molar-refractivity contribution in [2.75, 3.05) is 13.7 Å². The Morgan fingerprint density at radius 1 is 1.04 bits per heavy atom. The fourth-order valence-corrected chi connectivity index (χ4v) is 3.88. The third-order valence-electron chi connectivity index (χ3n) is 4.91. The molecule has 1 fully saturated rings. The van der Waals surface area contributed by atoms with E-state index in [9.17, 15) is 9.59 Å². The molecule has 1 unspecified atom stereocenters. The van der Waals surface area contributed by atoms with E-state index in [1.54, 1.807) is 20.8 Å². The molecule has 2 amide bonds. The van der Waals surface area contributed by atoms with Crippen LogP contribution < -0.4 is 0 Å². The van der Waals surface area contributed by atoms with Crippen LogP contribution in [0.25, 0.3) is 0 Å². The van der Waals surface area contributed by atoms with Crippen LogP contribution in [-0.4, -0.2) is 50.5 Å². The number of carbonyl (C=O) groups is 2. The minimum Gasteiger partial charge on any atom is -0.423 e. The van der Waals surface area contributed by atoms with E-state index in [4.69, 9.17) is 13.9 Å². The van der Waals surface area contributed by atoms with Gasteiger partial charge in [-0.15, -0.1) is 0 Å². The average molecular weight is 361 g/mol. The van der Waals surface area contributed by atoms with E-state index in [-0.39, 0.29) is 5.04 Å². The summed E-state index contributed by atoms with van der Waals surface area (Å²) in [6.45, 7) is 16.4. The first-order valence-electron chi connectivity index (χ1n) is 8.55. The lowest BCUT2D eigenvalue weighted by molar-refractivity contribution is -0.821. The van der Waals surface area contributed by atoms with Gasteiger partial charge in [-0.05, 0) is 38.9 Å². The van der Waals surface area contributed by atoms with Crippen molar-refractivity contribution >= 4 is 20.5 Å². The molecule has 0 N–H and O–H groups in total. The van der Waals surface area contributed by atoms with Crippen LogP contribution in [0.4, 0.5) is 9.59 Å². The van der Waals surface area contributed by atoms with Crippen molar-refractivity contribution in [2.45, 2.75) is 84.3 Å². The van der Waals surface area contributed by atoms with Gasteiger partial charge in [-0.2, -0.15) is 9.59 Å². The van der Waals surface area contributed by atoms with Gasteiger partial charge in [-0.1, -0.05) is 25.3 Å². The van der Waals surface area contributed by atoms with E-state index < -0.39 is 36.8 Å². The molecular weight excluding hydrogens is 326 g/mol. The number of likely N-dealkylation sites (tertiary alicyclic amines) is 1. The number of methoxy groups -OCH3 is 1. The summed E-state index contributed by atoms with van der Waals surface area (Å²) in [7, 11) is -0.853. The Morgan fingerprint density at radius 2 is 1.58 bits per heavy atom. The fourth-order valence-electron chi connectivity index (χ4n) is 2.54. The Bertz CT molecular complexity index is 492. The second-order valence-corrected chi connectivity index (χ2v) is 13.8. The topological polar surface area (TPSA) is 61.8 Å². The maximum Gasteiger partial charge on any atom is 0.529 e. The smallest absolute Gasteiger partial charge is 0.423 e. The van der Waals surface area contributed by atoms with Crippen LogP contribution in [0, 0.1) is 0 Å². The number of hydrogen-bond donors (Lipinski definition) is 0. The highest BCUT2D eigenvalue weighted by Gasteiger charge is 2.61. The first-order chi connectivity index (χ1) is 10.7. The zero-order chi connectivity index (χ0) is 19.0. The van der Waals surface area contributed by atoms with E-state index in [2.05, 4.69) is 33.9 Å². The molecule has 0 aromatic rings. The van der Waals surface area contributed by atoms with Crippen LogP contribution in [0.5, 0.6) is 0 Å². The van der Waals surface area contributed by atoms with E-state index >= 15 is 0 Å². The van der Waals surface area contributed by atoms with Crippen molar-refractivity contribution in [3.05, 3.63) is 0 Å². The molecule has 6 nitrogen and oxygen atoms in total. The first kappa shape index (κ1) is 21.1. The van der Waals surface area contributed by atoms with Crippen LogP contribution in [0.2, 0.25) is 18.1 Å². The molecule has 1 aliphatic heterocycles. The predicted molar refractivity (Wildman–Crippen MR) is 95.1 cm³/mol. The highest BCUT2D eigenvalue weighted by Crippen LogP contribution is 2.41. The molecule has 1 heterocycles. The number of amides is 2. The van der Waals surface area contributed by atoms with E-state index in [1.165, 1.54) is 7.11 Å². The lowest BCUT2D eigenvalue weighted by atomic mass is 10.2. The number of rotatable bonds is 2. The first-order valence-corrected chi connectivity index (χ1v) is 11.5. The van der Waals surface area contributed by atoms with Crippen molar-refractivity contribution in [3.63, 3.8) is 0 Å². The molecule has 1 saturated heterocycles. The number of nitrogens with zero attached hydrogens (tertiary/aromatic N) is 1. The number of hydrogen-bond acceptors (Lipinski definition) is 5. The second-order valence-electron chi connectivity index (χ2n) is 9.02. The third-order valence-corrected chi connectivity index (χ3v) is 9.38. The maximum atomic E-state index is 12.9. The lowest BCUT2D eigenvalue weighted by Gasteiger charge is -2.41. The van der Waals surface area contributed by atoms with Gasteiger partial charge >= 0.3 is 12.2 Å². The average Bonchev–Trinajstić information content (AvgIpc) is 2.78. The predicted octanol–water partition coefficient (Wildman–Crippen LogP) is 4.65. The van der Waals surface area contributed by atoms with E-state index in [1.807, 2.05) is 0 Å². The normalized spacial score (nSPS) is 25.5. The van der Waals surface area contributed by atoms with Gasteiger partial charge in [0.15, 0.2) is 8.32 Å². The molecule has 1 aliphatic rings. The summed E-state index contributed by atoms with van der Waals surface area (Å²) < 4.78 is 16.4. The summed E-state index contributed by atoms with van der Waals surface area (Å²) in [6, 6.07) is 0. The molecule has 1 rings (SSSR count). The largest absolute Gasteiger partial charge is 0.529 e.